The smallest absolute Gasteiger partial charge is 0.412 e. The maximum Gasteiger partial charge on any atom is 0.412 e. The number of benzene rings is 1. The summed E-state index contributed by atoms with van der Waals surface area (Å²) in [7, 11) is 0. The third-order valence-corrected chi connectivity index (χ3v) is 4.19. The van der Waals surface area contributed by atoms with E-state index in [0.717, 1.165) is 24.1 Å². The van der Waals surface area contributed by atoms with Gasteiger partial charge in [0.2, 0.25) is 0 Å². The molecule has 4 heteroatoms. The van der Waals surface area contributed by atoms with E-state index >= 15 is 0 Å². The summed E-state index contributed by atoms with van der Waals surface area (Å²) in [5.74, 6) is 0. The van der Waals surface area contributed by atoms with Gasteiger partial charge in [-0.1, -0.05) is 18.6 Å². The fraction of sp³-hybridized carbons (Fsp3) is 0.588. The Morgan fingerprint density at radius 3 is 2.52 bits per heavy atom. The van der Waals surface area contributed by atoms with Gasteiger partial charge in [-0.3, -0.25) is 5.32 Å². The Labute approximate surface area is 127 Å². The van der Waals surface area contributed by atoms with Crippen molar-refractivity contribution in [3.63, 3.8) is 0 Å². The van der Waals surface area contributed by atoms with Crippen molar-refractivity contribution in [3.05, 3.63) is 29.3 Å². The van der Waals surface area contributed by atoms with E-state index in [4.69, 9.17) is 10.5 Å². The lowest BCUT2D eigenvalue weighted by Gasteiger charge is -2.41. The summed E-state index contributed by atoms with van der Waals surface area (Å²) in [6, 6.07) is 6.21. The van der Waals surface area contributed by atoms with Gasteiger partial charge in [-0.25, -0.2) is 4.79 Å². The van der Waals surface area contributed by atoms with Gasteiger partial charge in [0.05, 0.1) is 0 Å². The molecule has 4 nitrogen and oxygen atoms in total. The molecule has 0 radical (unpaired) electrons. The number of nitrogens with one attached hydrogen (secondary N) is 1. The molecule has 1 amide bonds. The fourth-order valence-electron chi connectivity index (χ4n) is 2.71. The lowest BCUT2D eigenvalue weighted by molar-refractivity contribution is 0.0636. The van der Waals surface area contributed by atoms with Crippen molar-refractivity contribution in [2.24, 2.45) is 5.73 Å². The molecule has 0 spiro atoms. The summed E-state index contributed by atoms with van der Waals surface area (Å²) < 4.78 is 5.31. The summed E-state index contributed by atoms with van der Waals surface area (Å²) >= 11 is 0. The molecular formula is C17H26N2O2. The highest BCUT2D eigenvalue weighted by molar-refractivity contribution is 5.86. The van der Waals surface area contributed by atoms with E-state index in [2.05, 4.69) is 11.4 Å². The third kappa shape index (κ3) is 3.56. The van der Waals surface area contributed by atoms with Crippen molar-refractivity contribution in [2.75, 3.05) is 11.9 Å². The van der Waals surface area contributed by atoms with Gasteiger partial charge in [0.1, 0.15) is 5.60 Å². The largest absolute Gasteiger partial charge is 0.444 e. The van der Waals surface area contributed by atoms with Crippen molar-refractivity contribution >= 4 is 11.8 Å². The van der Waals surface area contributed by atoms with Crippen LogP contribution in [0.15, 0.2) is 18.2 Å². The van der Waals surface area contributed by atoms with Crippen LogP contribution in [0.25, 0.3) is 0 Å². The highest BCUT2D eigenvalue weighted by Crippen LogP contribution is 2.43. The average molecular weight is 290 g/mol. The molecule has 1 aromatic rings. The highest BCUT2D eigenvalue weighted by Gasteiger charge is 2.37. The van der Waals surface area contributed by atoms with Crippen LogP contribution in [0.5, 0.6) is 0 Å². The molecule has 0 aromatic heterocycles. The Hall–Kier alpha value is -1.55. The van der Waals surface area contributed by atoms with Gasteiger partial charge < -0.3 is 10.5 Å². The number of hydrogen-bond donors (Lipinski definition) is 2. The molecule has 0 heterocycles. The van der Waals surface area contributed by atoms with Gasteiger partial charge in [0.15, 0.2) is 0 Å². The minimum Gasteiger partial charge on any atom is -0.444 e. The number of anilines is 1. The van der Waals surface area contributed by atoms with Crippen LogP contribution >= 0.6 is 0 Å². The average Bonchev–Trinajstić information content (AvgIpc) is 2.30. The molecule has 0 aliphatic heterocycles. The molecule has 3 N–H and O–H groups in total. The van der Waals surface area contributed by atoms with Crippen molar-refractivity contribution in [1.29, 1.82) is 0 Å². The molecule has 0 atom stereocenters. The number of nitrogens with two attached hydrogens (primary N) is 1. The monoisotopic (exact) mass is 290 g/mol. The van der Waals surface area contributed by atoms with E-state index in [-0.39, 0.29) is 5.41 Å². The first-order valence-electron chi connectivity index (χ1n) is 7.57. The van der Waals surface area contributed by atoms with Gasteiger partial charge in [-0.05, 0) is 57.7 Å². The molecule has 1 aliphatic rings. The summed E-state index contributed by atoms with van der Waals surface area (Å²) in [5, 5.41) is 2.85. The predicted octanol–water partition coefficient (Wildman–Crippen LogP) is 3.72. The van der Waals surface area contributed by atoms with E-state index in [1.807, 2.05) is 39.8 Å². The minimum absolute atomic E-state index is 0.0953. The highest BCUT2D eigenvalue weighted by atomic mass is 16.6. The van der Waals surface area contributed by atoms with Crippen LogP contribution in [0, 0.1) is 6.92 Å². The van der Waals surface area contributed by atoms with Crippen LogP contribution in [-0.2, 0) is 10.2 Å². The van der Waals surface area contributed by atoms with Gasteiger partial charge in [0, 0.05) is 17.6 Å². The molecular weight excluding hydrogens is 264 g/mol. The topological polar surface area (TPSA) is 64.3 Å². The Kier molecular flexibility index (Phi) is 4.28. The van der Waals surface area contributed by atoms with Crippen LogP contribution in [0.3, 0.4) is 0 Å². The molecule has 0 saturated heterocycles. The van der Waals surface area contributed by atoms with E-state index in [1.54, 1.807) is 0 Å². The van der Waals surface area contributed by atoms with Crippen LogP contribution in [-0.4, -0.2) is 18.2 Å². The third-order valence-electron chi connectivity index (χ3n) is 4.19. The molecule has 2 rings (SSSR count). The number of ether oxygens (including phenoxy) is 1. The van der Waals surface area contributed by atoms with Gasteiger partial charge in [-0.15, -0.1) is 0 Å². The number of carbonyl (C=O) groups excluding carboxylic acids is 1. The molecule has 21 heavy (non-hydrogen) atoms. The summed E-state index contributed by atoms with van der Waals surface area (Å²) in [6.07, 6.45) is 3.05. The summed E-state index contributed by atoms with van der Waals surface area (Å²) in [6.45, 7) is 8.20. The Morgan fingerprint density at radius 1 is 1.38 bits per heavy atom. The van der Waals surface area contributed by atoms with E-state index < -0.39 is 11.7 Å². The second-order valence-electron chi connectivity index (χ2n) is 6.99. The SMILES string of the molecule is Cc1ccc(C2(CN)CCC2)cc1NC(=O)OC(C)(C)C. The summed E-state index contributed by atoms with van der Waals surface area (Å²) in [4.78, 5) is 11.9. The van der Waals surface area contributed by atoms with Crippen molar-refractivity contribution in [2.45, 2.75) is 58.0 Å². The zero-order valence-corrected chi connectivity index (χ0v) is 13.5. The number of carbonyl (C=O) groups is 1. The van der Waals surface area contributed by atoms with Gasteiger partial charge in [0.25, 0.3) is 0 Å². The second-order valence-corrected chi connectivity index (χ2v) is 6.99. The zero-order valence-electron chi connectivity index (χ0n) is 13.5. The Balaban J connectivity index is 2.18. The van der Waals surface area contributed by atoms with Crippen LogP contribution in [0.1, 0.15) is 51.2 Å². The fourth-order valence-corrected chi connectivity index (χ4v) is 2.71. The van der Waals surface area contributed by atoms with Crippen molar-refractivity contribution in [1.82, 2.24) is 0 Å². The number of rotatable bonds is 3. The van der Waals surface area contributed by atoms with Crippen molar-refractivity contribution in [3.8, 4) is 0 Å². The van der Waals surface area contributed by atoms with E-state index in [9.17, 15) is 4.79 Å². The number of amides is 1. The second kappa shape index (κ2) is 5.68. The maximum absolute atomic E-state index is 11.9. The van der Waals surface area contributed by atoms with Crippen LogP contribution in [0.4, 0.5) is 10.5 Å². The van der Waals surface area contributed by atoms with Crippen LogP contribution < -0.4 is 11.1 Å². The Morgan fingerprint density at radius 2 is 2.05 bits per heavy atom. The predicted molar refractivity (Wildman–Crippen MR) is 85.6 cm³/mol. The van der Waals surface area contributed by atoms with Gasteiger partial charge >= 0.3 is 6.09 Å². The number of hydrogen-bond acceptors (Lipinski definition) is 3. The molecule has 1 saturated carbocycles. The van der Waals surface area contributed by atoms with Crippen LogP contribution in [0.2, 0.25) is 0 Å². The van der Waals surface area contributed by atoms with Crippen molar-refractivity contribution < 1.29 is 9.53 Å². The lowest BCUT2D eigenvalue weighted by Crippen LogP contribution is -2.41. The summed E-state index contributed by atoms with van der Waals surface area (Å²) in [5.41, 5.74) is 8.61. The molecule has 1 fully saturated rings. The first-order chi connectivity index (χ1) is 9.76. The van der Waals surface area contributed by atoms with E-state index in [0.29, 0.717) is 6.54 Å². The molecule has 0 unspecified atom stereocenters. The first-order valence-corrected chi connectivity index (χ1v) is 7.57. The van der Waals surface area contributed by atoms with E-state index in [1.165, 1.54) is 12.0 Å². The number of aryl methyl sites for hydroxylation is 1. The lowest BCUT2D eigenvalue weighted by atomic mass is 9.64. The minimum atomic E-state index is -0.498. The zero-order chi connectivity index (χ0) is 15.7. The Bertz CT molecular complexity index is 523. The first kappa shape index (κ1) is 15.8. The molecule has 116 valence electrons. The van der Waals surface area contributed by atoms with Gasteiger partial charge in [-0.2, -0.15) is 0 Å². The molecule has 0 bridgehead atoms. The standard InChI is InChI=1S/C17H26N2O2/c1-12-6-7-13(17(11-18)8-5-9-17)10-14(12)19-15(20)21-16(2,3)4/h6-7,10H,5,8-9,11,18H2,1-4H3,(H,19,20). The normalized spacial score (nSPS) is 17.0. The maximum atomic E-state index is 11.9. The molecule has 1 aliphatic carbocycles. The quantitative estimate of drug-likeness (QED) is 0.891. The molecule has 1 aromatic carbocycles.